The minimum absolute atomic E-state index is 0. The van der Waals surface area contributed by atoms with Crippen molar-refractivity contribution < 1.29 is 0 Å². The fourth-order valence-electron chi connectivity index (χ4n) is 2.83. The molecule has 0 saturated heterocycles. The van der Waals surface area contributed by atoms with Crippen LogP contribution in [0.1, 0.15) is 27.8 Å². The SMILES string of the molecule is CN=C(NCc1cccc(CN(C)C)c1)NCc1ccc(C)cc1C.I. The second-order valence-corrected chi connectivity index (χ2v) is 6.77. The Kier molecular flexibility index (Phi) is 9.65. The monoisotopic (exact) mass is 466 g/mol. The number of hydrogen-bond donors (Lipinski definition) is 2. The summed E-state index contributed by atoms with van der Waals surface area (Å²) in [6, 6.07) is 15.2. The molecule has 0 heterocycles. The Bertz CT molecular complexity index is 726. The molecule has 0 saturated carbocycles. The summed E-state index contributed by atoms with van der Waals surface area (Å²) in [6.07, 6.45) is 0. The van der Waals surface area contributed by atoms with E-state index in [1.54, 1.807) is 7.05 Å². The lowest BCUT2D eigenvalue weighted by Gasteiger charge is -2.15. The van der Waals surface area contributed by atoms with Gasteiger partial charge < -0.3 is 15.5 Å². The molecule has 0 aliphatic rings. The van der Waals surface area contributed by atoms with E-state index >= 15 is 0 Å². The third-order valence-electron chi connectivity index (χ3n) is 4.12. The Hall–Kier alpha value is -1.60. The minimum Gasteiger partial charge on any atom is -0.352 e. The van der Waals surface area contributed by atoms with Crippen LogP contribution in [0.4, 0.5) is 0 Å². The first-order valence-electron chi connectivity index (χ1n) is 8.71. The highest BCUT2D eigenvalue weighted by Crippen LogP contribution is 2.10. The predicted octanol–water partition coefficient (Wildman–Crippen LogP) is 3.85. The summed E-state index contributed by atoms with van der Waals surface area (Å²) in [4.78, 5) is 6.50. The van der Waals surface area contributed by atoms with Gasteiger partial charge in [0.2, 0.25) is 0 Å². The summed E-state index contributed by atoms with van der Waals surface area (Å²) in [5.41, 5.74) is 6.47. The summed E-state index contributed by atoms with van der Waals surface area (Å²) in [7, 11) is 5.98. The quantitative estimate of drug-likeness (QED) is 0.386. The standard InChI is InChI=1S/C21H30N4.HI/c1-16-9-10-20(17(2)11-16)14-24-21(22-3)23-13-18-7-6-8-19(12-18)15-25(4)5;/h6-12H,13-15H2,1-5H3,(H2,22,23,24);1H. The molecule has 0 aliphatic heterocycles. The van der Waals surface area contributed by atoms with Crippen molar-refractivity contribution in [2.75, 3.05) is 21.1 Å². The van der Waals surface area contributed by atoms with Crippen LogP contribution in [0, 0.1) is 13.8 Å². The summed E-state index contributed by atoms with van der Waals surface area (Å²) in [5, 5.41) is 6.79. The number of nitrogens with zero attached hydrogens (tertiary/aromatic N) is 2. The van der Waals surface area contributed by atoms with Gasteiger partial charge in [-0.2, -0.15) is 0 Å². The number of benzene rings is 2. The van der Waals surface area contributed by atoms with E-state index < -0.39 is 0 Å². The highest BCUT2D eigenvalue weighted by atomic mass is 127. The first-order valence-corrected chi connectivity index (χ1v) is 8.71. The molecule has 0 aliphatic carbocycles. The molecule has 2 aromatic carbocycles. The van der Waals surface area contributed by atoms with E-state index in [1.165, 1.54) is 27.8 Å². The van der Waals surface area contributed by atoms with Gasteiger partial charge in [0, 0.05) is 26.7 Å². The van der Waals surface area contributed by atoms with Crippen molar-refractivity contribution in [2.45, 2.75) is 33.5 Å². The number of guanidine groups is 1. The van der Waals surface area contributed by atoms with Gasteiger partial charge in [-0.1, -0.05) is 48.0 Å². The van der Waals surface area contributed by atoms with E-state index in [-0.39, 0.29) is 24.0 Å². The first kappa shape index (κ1) is 22.4. The lowest BCUT2D eigenvalue weighted by atomic mass is 10.1. The molecule has 0 fully saturated rings. The van der Waals surface area contributed by atoms with Crippen molar-refractivity contribution in [1.29, 1.82) is 0 Å². The van der Waals surface area contributed by atoms with Crippen LogP contribution < -0.4 is 10.6 Å². The van der Waals surface area contributed by atoms with E-state index in [0.717, 1.165) is 25.6 Å². The van der Waals surface area contributed by atoms with Crippen molar-refractivity contribution in [3.05, 3.63) is 70.3 Å². The summed E-state index contributed by atoms with van der Waals surface area (Å²) in [6.45, 7) is 6.75. The topological polar surface area (TPSA) is 39.7 Å². The van der Waals surface area contributed by atoms with Crippen LogP contribution in [0.5, 0.6) is 0 Å². The molecule has 0 amide bonds. The maximum Gasteiger partial charge on any atom is 0.191 e. The zero-order valence-electron chi connectivity index (χ0n) is 16.5. The lowest BCUT2D eigenvalue weighted by Crippen LogP contribution is -2.36. The molecule has 2 aromatic rings. The van der Waals surface area contributed by atoms with Crippen LogP contribution in [0.15, 0.2) is 47.5 Å². The second kappa shape index (κ2) is 11.2. The van der Waals surface area contributed by atoms with Gasteiger partial charge in [0.25, 0.3) is 0 Å². The molecular formula is C21H31IN4. The maximum atomic E-state index is 4.32. The molecular weight excluding hydrogens is 435 g/mol. The Labute approximate surface area is 175 Å². The van der Waals surface area contributed by atoms with Gasteiger partial charge in [-0.25, -0.2) is 0 Å². The van der Waals surface area contributed by atoms with Gasteiger partial charge in [0.15, 0.2) is 5.96 Å². The summed E-state index contributed by atoms with van der Waals surface area (Å²) < 4.78 is 0. The highest BCUT2D eigenvalue weighted by Gasteiger charge is 2.03. The Morgan fingerprint density at radius 3 is 2.31 bits per heavy atom. The largest absolute Gasteiger partial charge is 0.352 e. The van der Waals surface area contributed by atoms with Gasteiger partial charge in [0.1, 0.15) is 0 Å². The van der Waals surface area contributed by atoms with Crippen molar-refractivity contribution in [1.82, 2.24) is 15.5 Å². The first-order chi connectivity index (χ1) is 12.0. The fraction of sp³-hybridized carbons (Fsp3) is 0.381. The summed E-state index contributed by atoms with van der Waals surface area (Å²) in [5.74, 6) is 0.818. The number of halogens is 1. The average Bonchev–Trinajstić information content (AvgIpc) is 2.56. The zero-order valence-corrected chi connectivity index (χ0v) is 18.8. The molecule has 142 valence electrons. The van der Waals surface area contributed by atoms with Gasteiger partial charge in [0.05, 0.1) is 0 Å². The van der Waals surface area contributed by atoms with E-state index in [1.807, 2.05) is 0 Å². The van der Waals surface area contributed by atoms with Crippen LogP contribution in [0.25, 0.3) is 0 Å². The third-order valence-corrected chi connectivity index (χ3v) is 4.12. The number of aryl methyl sites for hydroxylation is 2. The molecule has 0 atom stereocenters. The van der Waals surface area contributed by atoms with Crippen LogP contribution in [0.3, 0.4) is 0 Å². The molecule has 4 nitrogen and oxygen atoms in total. The Morgan fingerprint density at radius 2 is 1.65 bits per heavy atom. The van der Waals surface area contributed by atoms with E-state index in [2.05, 4.69) is 90.9 Å². The molecule has 0 unspecified atom stereocenters. The van der Waals surface area contributed by atoms with Crippen molar-refractivity contribution in [3.63, 3.8) is 0 Å². The molecule has 2 N–H and O–H groups in total. The number of rotatable bonds is 6. The molecule has 26 heavy (non-hydrogen) atoms. The lowest BCUT2D eigenvalue weighted by molar-refractivity contribution is 0.402. The van der Waals surface area contributed by atoms with Gasteiger partial charge in [-0.15, -0.1) is 24.0 Å². The highest BCUT2D eigenvalue weighted by molar-refractivity contribution is 14.0. The number of hydrogen-bond acceptors (Lipinski definition) is 2. The molecule has 0 aromatic heterocycles. The van der Waals surface area contributed by atoms with Gasteiger partial charge >= 0.3 is 0 Å². The number of aliphatic imine (C=N–C) groups is 1. The molecule has 5 heteroatoms. The summed E-state index contributed by atoms with van der Waals surface area (Å²) >= 11 is 0. The molecule has 2 rings (SSSR count). The maximum absolute atomic E-state index is 4.32. The van der Waals surface area contributed by atoms with Crippen molar-refractivity contribution >= 4 is 29.9 Å². The fourth-order valence-corrected chi connectivity index (χ4v) is 2.83. The Balaban J connectivity index is 0.00000338. The van der Waals surface area contributed by atoms with Gasteiger partial charge in [-0.3, -0.25) is 4.99 Å². The molecule has 0 bridgehead atoms. The van der Waals surface area contributed by atoms with Gasteiger partial charge in [-0.05, 0) is 50.2 Å². The third kappa shape index (κ3) is 7.33. The van der Waals surface area contributed by atoms with Crippen LogP contribution in [-0.4, -0.2) is 32.0 Å². The molecule has 0 radical (unpaired) electrons. The smallest absolute Gasteiger partial charge is 0.191 e. The normalized spacial score (nSPS) is 11.2. The minimum atomic E-state index is 0. The average molecular weight is 466 g/mol. The van der Waals surface area contributed by atoms with E-state index in [4.69, 9.17) is 0 Å². The van der Waals surface area contributed by atoms with E-state index in [0.29, 0.717) is 0 Å². The number of nitrogens with one attached hydrogen (secondary N) is 2. The predicted molar refractivity (Wildman–Crippen MR) is 122 cm³/mol. The Morgan fingerprint density at radius 1 is 0.962 bits per heavy atom. The zero-order chi connectivity index (χ0) is 18.2. The van der Waals surface area contributed by atoms with Crippen molar-refractivity contribution in [3.8, 4) is 0 Å². The van der Waals surface area contributed by atoms with Crippen molar-refractivity contribution in [2.24, 2.45) is 4.99 Å². The van der Waals surface area contributed by atoms with Crippen LogP contribution in [0.2, 0.25) is 0 Å². The van der Waals surface area contributed by atoms with E-state index in [9.17, 15) is 0 Å². The van der Waals surface area contributed by atoms with Crippen LogP contribution in [-0.2, 0) is 19.6 Å². The molecule has 0 spiro atoms. The van der Waals surface area contributed by atoms with Crippen LogP contribution >= 0.6 is 24.0 Å². The second-order valence-electron chi connectivity index (χ2n) is 6.77.